The van der Waals surface area contributed by atoms with Crippen LogP contribution in [0.5, 0.6) is 0 Å². The summed E-state index contributed by atoms with van der Waals surface area (Å²) in [6.07, 6.45) is 2.02. The molecule has 1 saturated heterocycles. The Morgan fingerprint density at radius 2 is 1.88 bits per heavy atom. The van der Waals surface area contributed by atoms with Crippen LogP contribution in [-0.2, 0) is 6.42 Å². The van der Waals surface area contributed by atoms with Crippen molar-refractivity contribution in [3.05, 3.63) is 29.6 Å². The lowest BCUT2D eigenvalue weighted by Crippen LogP contribution is -2.44. The molecule has 0 N–H and O–H groups in total. The van der Waals surface area contributed by atoms with Gasteiger partial charge in [-0.2, -0.15) is 0 Å². The molecule has 3 heteroatoms. The second-order valence-corrected chi connectivity index (χ2v) is 4.83. The lowest BCUT2D eigenvalue weighted by molar-refractivity contribution is 0.311. The average Bonchev–Trinajstić information content (AvgIpc) is 2.31. The number of hydrogen-bond acceptors (Lipinski definition) is 2. The van der Waals surface area contributed by atoms with Gasteiger partial charge in [0.25, 0.3) is 0 Å². The van der Waals surface area contributed by atoms with Crippen LogP contribution >= 0.6 is 0 Å². The zero-order chi connectivity index (χ0) is 12.3. The molecule has 0 saturated carbocycles. The SMILES string of the molecule is CCCc1ccc(N2CCN(C)CC2)c(F)c1. The van der Waals surface area contributed by atoms with Gasteiger partial charge < -0.3 is 9.80 Å². The zero-order valence-corrected chi connectivity index (χ0v) is 10.7. The number of aryl methyl sites for hydroxylation is 1. The van der Waals surface area contributed by atoms with Gasteiger partial charge in [0.05, 0.1) is 5.69 Å². The molecule has 0 radical (unpaired) electrons. The summed E-state index contributed by atoms with van der Waals surface area (Å²) in [6.45, 7) is 5.97. The van der Waals surface area contributed by atoms with Crippen molar-refractivity contribution in [2.45, 2.75) is 19.8 Å². The van der Waals surface area contributed by atoms with Gasteiger partial charge in [-0.25, -0.2) is 4.39 Å². The summed E-state index contributed by atoms with van der Waals surface area (Å²) in [5.74, 6) is -0.0690. The minimum absolute atomic E-state index is 0.0690. The fraction of sp³-hybridized carbons (Fsp3) is 0.571. The second kappa shape index (κ2) is 5.50. The molecule has 94 valence electrons. The largest absolute Gasteiger partial charge is 0.367 e. The van der Waals surface area contributed by atoms with Crippen LogP contribution in [0.15, 0.2) is 18.2 Å². The summed E-state index contributed by atoms with van der Waals surface area (Å²) in [5, 5.41) is 0. The van der Waals surface area contributed by atoms with E-state index >= 15 is 0 Å². The standard InChI is InChI=1S/C14H21FN2/c1-3-4-12-5-6-14(13(15)11-12)17-9-7-16(2)8-10-17/h5-6,11H,3-4,7-10H2,1-2H3. The van der Waals surface area contributed by atoms with Gasteiger partial charge in [0.2, 0.25) is 0 Å². The van der Waals surface area contributed by atoms with Crippen LogP contribution in [-0.4, -0.2) is 38.1 Å². The summed E-state index contributed by atoms with van der Waals surface area (Å²) in [4.78, 5) is 4.42. The highest BCUT2D eigenvalue weighted by molar-refractivity contribution is 5.49. The van der Waals surface area contributed by atoms with E-state index in [0.717, 1.165) is 50.3 Å². The van der Waals surface area contributed by atoms with Gasteiger partial charge in [0.15, 0.2) is 0 Å². The molecule has 1 aliphatic heterocycles. The Morgan fingerprint density at radius 1 is 1.18 bits per heavy atom. The average molecular weight is 236 g/mol. The molecule has 0 atom stereocenters. The van der Waals surface area contributed by atoms with Crippen molar-refractivity contribution in [2.75, 3.05) is 38.1 Å². The van der Waals surface area contributed by atoms with Crippen molar-refractivity contribution < 1.29 is 4.39 Å². The van der Waals surface area contributed by atoms with E-state index < -0.39 is 0 Å². The number of piperazine rings is 1. The Morgan fingerprint density at radius 3 is 2.47 bits per heavy atom. The van der Waals surface area contributed by atoms with Crippen LogP contribution < -0.4 is 4.90 Å². The highest BCUT2D eigenvalue weighted by Gasteiger charge is 2.17. The molecule has 0 amide bonds. The van der Waals surface area contributed by atoms with Gasteiger partial charge in [-0.15, -0.1) is 0 Å². The lowest BCUT2D eigenvalue weighted by Gasteiger charge is -2.34. The Labute approximate surface area is 103 Å². The quantitative estimate of drug-likeness (QED) is 0.795. The number of hydrogen-bond donors (Lipinski definition) is 0. The van der Waals surface area contributed by atoms with E-state index in [1.165, 1.54) is 0 Å². The van der Waals surface area contributed by atoms with E-state index in [2.05, 4.69) is 29.8 Å². The first-order chi connectivity index (χ1) is 8.20. The Kier molecular flexibility index (Phi) is 4.00. The number of likely N-dealkylation sites (N-methyl/N-ethyl adjacent to an activating group) is 1. The summed E-state index contributed by atoms with van der Waals surface area (Å²) < 4.78 is 14.0. The van der Waals surface area contributed by atoms with Crippen molar-refractivity contribution in [2.24, 2.45) is 0 Å². The number of rotatable bonds is 3. The maximum atomic E-state index is 14.0. The molecular weight excluding hydrogens is 215 g/mol. The minimum atomic E-state index is -0.0690. The molecule has 1 aromatic carbocycles. The van der Waals surface area contributed by atoms with Gasteiger partial charge >= 0.3 is 0 Å². The summed E-state index contributed by atoms with van der Waals surface area (Å²) in [5.41, 5.74) is 1.86. The Hall–Kier alpha value is -1.09. The normalized spacial score (nSPS) is 17.5. The first-order valence-electron chi connectivity index (χ1n) is 6.42. The summed E-state index contributed by atoms with van der Waals surface area (Å²) in [6, 6.07) is 5.68. The minimum Gasteiger partial charge on any atom is -0.367 e. The molecule has 0 aliphatic carbocycles. The fourth-order valence-corrected chi connectivity index (χ4v) is 2.30. The van der Waals surface area contributed by atoms with E-state index in [9.17, 15) is 4.39 Å². The zero-order valence-electron chi connectivity index (χ0n) is 10.7. The molecule has 1 fully saturated rings. The topological polar surface area (TPSA) is 6.48 Å². The highest BCUT2D eigenvalue weighted by Crippen LogP contribution is 2.22. The van der Waals surface area contributed by atoms with Crippen molar-refractivity contribution in [1.29, 1.82) is 0 Å². The molecule has 1 aromatic rings. The first kappa shape index (κ1) is 12.4. The van der Waals surface area contributed by atoms with Gasteiger partial charge in [-0.3, -0.25) is 0 Å². The molecule has 1 heterocycles. The molecule has 0 aromatic heterocycles. The predicted molar refractivity (Wildman–Crippen MR) is 70.1 cm³/mol. The van der Waals surface area contributed by atoms with Crippen molar-refractivity contribution in [1.82, 2.24) is 4.90 Å². The number of halogens is 1. The van der Waals surface area contributed by atoms with Crippen LogP contribution in [0, 0.1) is 5.82 Å². The van der Waals surface area contributed by atoms with Crippen LogP contribution in [0.3, 0.4) is 0 Å². The van der Waals surface area contributed by atoms with Gasteiger partial charge in [0.1, 0.15) is 5.82 Å². The number of anilines is 1. The maximum absolute atomic E-state index is 14.0. The predicted octanol–water partition coefficient (Wildman–Crippen LogP) is 2.53. The monoisotopic (exact) mass is 236 g/mol. The molecule has 0 spiro atoms. The first-order valence-corrected chi connectivity index (χ1v) is 6.42. The lowest BCUT2D eigenvalue weighted by atomic mass is 10.1. The fourth-order valence-electron chi connectivity index (χ4n) is 2.30. The van der Waals surface area contributed by atoms with Crippen LogP contribution in [0.25, 0.3) is 0 Å². The van der Waals surface area contributed by atoms with E-state index in [1.54, 1.807) is 6.07 Å². The van der Waals surface area contributed by atoms with Crippen molar-refractivity contribution in [3.8, 4) is 0 Å². The third-order valence-corrected chi connectivity index (χ3v) is 3.39. The van der Waals surface area contributed by atoms with Gasteiger partial charge in [0, 0.05) is 26.2 Å². The van der Waals surface area contributed by atoms with E-state index in [-0.39, 0.29) is 5.82 Å². The van der Waals surface area contributed by atoms with E-state index in [4.69, 9.17) is 0 Å². The molecule has 17 heavy (non-hydrogen) atoms. The molecule has 0 unspecified atom stereocenters. The van der Waals surface area contributed by atoms with Crippen LogP contribution in [0.4, 0.5) is 10.1 Å². The van der Waals surface area contributed by atoms with E-state index in [0.29, 0.717) is 0 Å². The maximum Gasteiger partial charge on any atom is 0.146 e. The third-order valence-electron chi connectivity index (χ3n) is 3.39. The second-order valence-electron chi connectivity index (χ2n) is 4.83. The van der Waals surface area contributed by atoms with Crippen molar-refractivity contribution >= 4 is 5.69 Å². The molecule has 0 bridgehead atoms. The smallest absolute Gasteiger partial charge is 0.146 e. The number of nitrogens with zero attached hydrogens (tertiary/aromatic N) is 2. The van der Waals surface area contributed by atoms with Crippen LogP contribution in [0.1, 0.15) is 18.9 Å². The molecule has 2 nitrogen and oxygen atoms in total. The van der Waals surface area contributed by atoms with Gasteiger partial charge in [-0.05, 0) is 31.2 Å². The summed E-state index contributed by atoms with van der Waals surface area (Å²) >= 11 is 0. The van der Waals surface area contributed by atoms with Crippen molar-refractivity contribution in [3.63, 3.8) is 0 Å². The van der Waals surface area contributed by atoms with Crippen LogP contribution in [0.2, 0.25) is 0 Å². The highest BCUT2D eigenvalue weighted by atomic mass is 19.1. The Balaban J connectivity index is 2.10. The third kappa shape index (κ3) is 2.97. The van der Waals surface area contributed by atoms with Gasteiger partial charge in [-0.1, -0.05) is 19.4 Å². The Bertz CT molecular complexity index is 370. The summed E-state index contributed by atoms with van der Waals surface area (Å²) in [7, 11) is 2.11. The molecule has 2 rings (SSSR count). The molecular formula is C14H21FN2. The molecule has 1 aliphatic rings. The number of benzene rings is 1. The van der Waals surface area contributed by atoms with E-state index in [1.807, 2.05) is 6.07 Å².